The lowest BCUT2D eigenvalue weighted by molar-refractivity contribution is 0.0663. The van der Waals surface area contributed by atoms with Crippen molar-refractivity contribution in [3.8, 4) is 5.75 Å². The van der Waals surface area contributed by atoms with Crippen molar-refractivity contribution in [2.75, 3.05) is 6.61 Å². The van der Waals surface area contributed by atoms with E-state index in [-0.39, 0.29) is 11.1 Å². The Labute approximate surface area is 92.2 Å². The van der Waals surface area contributed by atoms with E-state index in [0.717, 1.165) is 0 Å². The van der Waals surface area contributed by atoms with Crippen LogP contribution in [0.15, 0.2) is 30.9 Å². The second kappa shape index (κ2) is 3.90. The third kappa shape index (κ3) is 1.53. The van der Waals surface area contributed by atoms with Crippen molar-refractivity contribution >= 4 is 11.6 Å². The lowest BCUT2D eigenvalue weighted by Crippen LogP contribution is -2.20. The Kier molecular flexibility index (Phi) is 2.58. The van der Waals surface area contributed by atoms with Gasteiger partial charge in [-0.2, -0.15) is 0 Å². The van der Waals surface area contributed by atoms with Gasteiger partial charge < -0.3 is 9.84 Å². The maximum absolute atomic E-state index is 11.5. The lowest BCUT2D eigenvalue weighted by atomic mass is 10.1. The van der Waals surface area contributed by atoms with Crippen LogP contribution in [0.5, 0.6) is 5.75 Å². The van der Waals surface area contributed by atoms with Gasteiger partial charge in [-0.05, 0) is 18.2 Å². The molecule has 0 radical (unpaired) electrons. The van der Waals surface area contributed by atoms with Crippen LogP contribution < -0.4 is 4.74 Å². The number of ether oxygens (including phenoxy) is 1. The topological polar surface area (TPSA) is 63.6 Å². The van der Waals surface area contributed by atoms with Gasteiger partial charge in [0.2, 0.25) is 0 Å². The van der Waals surface area contributed by atoms with Crippen molar-refractivity contribution in [1.29, 1.82) is 0 Å². The molecule has 0 saturated carbocycles. The predicted molar refractivity (Wildman–Crippen MR) is 56.8 cm³/mol. The Morgan fingerprint density at radius 2 is 2.00 bits per heavy atom. The van der Waals surface area contributed by atoms with Crippen molar-refractivity contribution in [3.63, 3.8) is 0 Å². The van der Waals surface area contributed by atoms with Gasteiger partial charge in [0.05, 0.1) is 0 Å². The first-order valence-corrected chi connectivity index (χ1v) is 4.79. The van der Waals surface area contributed by atoms with E-state index in [1.807, 2.05) is 0 Å². The lowest BCUT2D eigenvalue weighted by Gasteiger charge is -2.03. The molecule has 1 aliphatic rings. The van der Waals surface area contributed by atoms with E-state index in [2.05, 4.69) is 6.58 Å². The molecule has 0 aromatic heterocycles. The summed E-state index contributed by atoms with van der Waals surface area (Å²) >= 11 is 0. The maximum Gasteiger partial charge on any atom is 0.200 e. The highest BCUT2D eigenvalue weighted by atomic mass is 16.5. The molecule has 1 unspecified atom stereocenters. The Bertz CT molecular complexity index is 476. The molecule has 4 heteroatoms. The minimum atomic E-state index is -1.55. The maximum atomic E-state index is 11.5. The summed E-state index contributed by atoms with van der Waals surface area (Å²) in [6.07, 6.45) is 0.0272. The molecule has 1 N–H and O–H groups in total. The third-order valence-corrected chi connectivity index (χ3v) is 2.39. The van der Waals surface area contributed by atoms with E-state index in [9.17, 15) is 14.7 Å². The molecule has 1 aliphatic carbocycles. The molecule has 0 aliphatic heterocycles. The minimum Gasteiger partial charge on any atom is -0.490 e. The van der Waals surface area contributed by atoms with E-state index in [1.54, 1.807) is 12.1 Å². The van der Waals surface area contributed by atoms with Gasteiger partial charge in [-0.25, -0.2) is 0 Å². The molecule has 16 heavy (non-hydrogen) atoms. The van der Waals surface area contributed by atoms with Gasteiger partial charge in [-0.3, -0.25) is 9.59 Å². The van der Waals surface area contributed by atoms with E-state index in [0.29, 0.717) is 12.4 Å². The summed E-state index contributed by atoms with van der Waals surface area (Å²) in [5.41, 5.74) is 0.475. The largest absolute Gasteiger partial charge is 0.490 e. The van der Waals surface area contributed by atoms with Crippen molar-refractivity contribution in [2.45, 2.75) is 6.10 Å². The fourth-order valence-corrected chi connectivity index (χ4v) is 1.60. The van der Waals surface area contributed by atoms with Gasteiger partial charge in [0.1, 0.15) is 12.4 Å². The van der Waals surface area contributed by atoms with Crippen molar-refractivity contribution in [3.05, 3.63) is 42.0 Å². The average molecular weight is 218 g/mol. The van der Waals surface area contributed by atoms with Gasteiger partial charge in [0.15, 0.2) is 17.7 Å². The molecule has 1 aromatic rings. The molecule has 0 fully saturated rings. The second-order valence-electron chi connectivity index (χ2n) is 3.44. The Morgan fingerprint density at radius 3 is 2.69 bits per heavy atom. The Hall–Kier alpha value is -1.94. The molecule has 0 amide bonds. The number of Topliss-reactive ketones (excluding diaryl/α,β-unsaturated/α-hetero) is 2. The normalized spacial score (nSPS) is 18.4. The highest BCUT2D eigenvalue weighted by molar-refractivity contribution is 6.28. The summed E-state index contributed by atoms with van der Waals surface area (Å²) in [7, 11) is 0. The van der Waals surface area contributed by atoms with Crippen LogP contribution in [0.4, 0.5) is 0 Å². The molecule has 0 bridgehead atoms. The molecule has 4 nitrogen and oxygen atoms in total. The quantitative estimate of drug-likeness (QED) is 0.607. The molecule has 1 atom stereocenters. The van der Waals surface area contributed by atoms with Gasteiger partial charge in [0.25, 0.3) is 0 Å². The third-order valence-electron chi connectivity index (χ3n) is 2.39. The molecular formula is C12H10O4. The molecule has 0 saturated heterocycles. The molecule has 1 aromatic carbocycles. The summed E-state index contributed by atoms with van der Waals surface area (Å²) in [6.45, 7) is 3.82. The zero-order valence-corrected chi connectivity index (χ0v) is 8.47. The summed E-state index contributed by atoms with van der Waals surface area (Å²) in [4.78, 5) is 22.9. The van der Waals surface area contributed by atoms with Crippen LogP contribution in [-0.4, -0.2) is 29.4 Å². The standard InChI is InChI=1S/C12H10O4/c1-2-5-16-7-3-4-8-9(6-7)11(14)12(15)10(8)13/h2-4,6,12,15H,1,5H2. The molecule has 0 heterocycles. The van der Waals surface area contributed by atoms with Gasteiger partial charge in [0, 0.05) is 11.1 Å². The number of fused-ring (bicyclic) bond motifs is 1. The van der Waals surface area contributed by atoms with Crippen LogP contribution in [0.2, 0.25) is 0 Å². The summed E-state index contributed by atoms with van der Waals surface area (Å²) in [6, 6.07) is 4.55. The van der Waals surface area contributed by atoms with Gasteiger partial charge in [-0.15, -0.1) is 0 Å². The van der Waals surface area contributed by atoms with E-state index in [4.69, 9.17) is 4.74 Å². The Morgan fingerprint density at radius 1 is 1.31 bits per heavy atom. The van der Waals surface area contributed by atoms with E-state index < -0.39 is 17.7 Å². The monoisotopic (exact) mass is 218 g/mol. The molecule has 82 valence electrons. The number of rotatable bonds is 3. The molecular weight excluding hydrogens is 208 g/mol. The number of ketones is 2. The second-order valence-corrected chi connectivity index (χ2v) is 3.44. The van der Waals surface area contributed by atoms with Crippen LogP contribution in [0, 0.1) is 0 Å². The van der Waals surface area contributed by atoms with Crippen molar-refractivity contribution in [1.82, 2.24) is 0 Å². The van der Waals surface area contributed by atoms with Crippen LogP contribution in [0.25, 0.3) is 0 Å². The van der Waals surface area contributed by atoms with Crippen LogP contribution in [0.1, 0.15) is 20.7 Å². The fourth-order valence-electron chi connectivity index (χ4n) is 1.60. The number of hydrogen-bond donors (Lipinski definition) is 1. The van der Waals surface area contributed by atoms with Crippen LogP contribution in [-0.2, 0) is 0 Å². The van der Waals surface area contributed by atoms with Crippen molar-refractivity contribution in [2.24, 2.45) is 0 Å². The van der Waals surface area contributed by atoms with Gasteiger partial charge in [-0.1, -0.05) is 12.7 Å². The molecule has 2 rings (SSSR count). The van der Waals surface area contributed by atoms with Crippen LogP contribution in [0.3, 0.4) is 0 Å². The number of carbonyl (C=O) groups is 2. The predicted octanol–water partition coefficient (Wildman–Crippen LogP) is 0.991. The van der Waals surface area contributed by atoms with Crippen LogP contribution >= 0.6 is 0 Å². The van der Waals surface area contributed by atoms with Crippen molar-refractivity contribution < 1.29 is 19.4 Å². The Balaban J connectivity index is 2.37. The average Bonchev–Trinajstić information content (AvgIpc) is 2.52. The summed E-state index contributed by atoms with van der Waals surface area (Å²) in [5.74, 6) is -0.631. The summed E-state index contributed by atoms with van der Waals surface area (Å²) in [5, 5.41) is 9.30. The zero-order valence-electron chi connectivity index (χ0n) is 8.47. The SMILES string of the molecule is C=CCOc1ccc2c(c1)C(=O)C(O)C2=O. The first-order chi connectivity index (χ1) is 7.65. The summed E-state index contributed by atoms with van der Waals surface area (Å²) < 4.78 is 5.24. The number of benzene rings is 1. The smallest absolute Gasteiger partial charge is 0.200 e. The highest BCUT2D eigenvalue weighted by Gasteiger charge is 2.37. The van der Waals surface area contributed by atoms with E-state index >= 15 is 0 Å². The highest BCUT2D eigenvalue weighted by Crippen LogP contribution is 2.26. The zero-order chi connectivity index (χ0) is 11.7. The molecule has 0 spiro atoms. The van der Waals surface area contributed by atoms with E-state index in [1.165, 1.54) is 12.1 Å². The first-order valence-electron chi connectivity index (χ1n) is 4.79. The fraction of sp³-hybridized carbons (Fsp3) is 0.167. The number of hydrogen-bond acceptors (Lipinski definition) is 4. The van der Waals surface area contributed by atoms with Gasteiger partial charge >= 0.3 is 0 Å². The number of aliphatic hydroxyl groups is 1. The minimum absolute atomic E-state index is 0.221. The number of aliphatic hydroxyl groups excluding tert-OH is 1. The number of carbonyl (C=O) groups excluding carboxylic acids is 2. The first kappa shape index (κ1) is 10.6.